The van der Waals surface area contributed by atoms with Gasteiger partial charge in [0.25, 0.3) is 0 Å². The maximum absolute atomic E-state index is 12.0. The van der Waals surface area contributed by atoms with Gasteiger partial charge < -0.3 is 10.2 Å². The fraction of sp³-hybridized carbons (Fsp3) is 0.211. The summed E-state index contributed by atoms with van der Waals surface area (Å²) in [5.41, 5.74) is 8.50. The Morgan fingerprint density at radius 3 is 2.46 bits per heavy atom. The molecule has 0 radical (unpaired) electrons. The number of anilines is 1. The average Bonchev–Trinajstić information content (AvgIpc) is 3.17. The molecule has 1 unspecified atom stereocenters. The molecule has 3 rings (SSSR count). The summed E-state index contributed by atoms with van der Waals surface area (Å²) in [7, 11) is -2.04. The lowest BCUT2D eigenvalue weighted by molar-refractivity contribution is 0.473. The van der Waals surface area contributed by atoms with Crippen LogP contribution in [-0.2, 0) is 10.0 Å². The van der Waals surface area contributed by atoms with Gasteiger partial charge in [-0.05, 0) is 42.3 Å². The second kappa shape index (κ2) is 7.42. The molecule has 0 aliphatic carbocycles. The Kier molecular flexibility index (Phi) is 5.18. The Labute approximate surface area is 163 Å². The maximum Gasteiger partial charge on any atom is 0.247 e. The highest BCUT2D eigenvalue weighted by Gasteiger charge is 2.19. The Balaban J connectivity index is 2.23. The summed E-state index contributed by atoms with van der Waals surface area (Å²) in [5.74, 6) is 0.489. The van der Waals surface area contributed by atoms with Crippen LogP contribution in [0.15, 0.2) is 46.9 Å². The molecule has 1 atom stereocenters. The molecule has 28 heavy (non-hydrogen) atoms. The molecule has 2 aromatic carbocycles. The monoisotopic (exact) mass is 397 g/mol. The van der Waals surface area contributed by atoms with Crippen molar-refractivity contribution in [3.05, 3.63) is 53.9 Å². The van der Waals surface area contributed by atoms with Gasteiger partial charge in [0.1, 0.15) is 0 Å². The first-order chi connectivity index (χ1) is 13.2. The molecule has 2 N–H and O–H groups in total. The number of rotatable bonds is 5. The Bertz CT molecular complexity index is 1160. The van der Waals surface area contributed by atoms with Gasteiger partial charge in [0.15, 0.2) is 0 Å². The van der Waals surface area contributed by atoms with Crippen molar-refractivity contribution in [2.45, 2.75) is 13.0 Å². The lowest BCUT2D eigenvalue weighted by Crippen LogP contribution is -2.24. The van der Waals surface area contributed by atoms with Gasteiger partial charge in [-0.15, -0.1) is 10.2 Å². The minimum Gasteiger partial charge on any atom is -0.419 e. The molecule has 8 nitrogen and oxygen atoms in total. The van der Waals surface area contributed by atoms with E-state index >= 15 is 0 Å². The zero-order valence-corrected chi connectivity index (χ0v) is 16.4. The van der Waals surface area contributed by atoms with Crippen LogP contribution >= 0.6 is 0 Å². The van der Waals surface area contributed by atoms with E-state index in [0.717, 1.165) is 10.6 Å². The molecule has 9 heteroatoms. The third kappa shape index (κ3) is 3.88. The Morgan fingerprint density at radius 1 is 1.18 bits per heavy atom. The Hall–Kier alpha value is -3.22. The summed E-state index contributed by atoms with van der Waals surface area (Å²) in [4.78, 5) is 0. The third-order valence-electron chi connectivity index (χ3n) is 4.21. The second-order valence-corrected chi connectivity index (χ2v) is 8.40. The van der Waals surface area contributed by atoms with Crippen molar-refractivity contribution in [2.75, 3.05) is 17.6 Å². The highest BCUT2D eigenvalue weighted by Crippen LogP contribution is 2.33. The minimum atomic E-state index is -3.50. The quantitative estimate of drug-likeness (QED) is 0.701. The van der Waals surface area contributed by atoms with E-state index < -0.39 is 16.1 Å². The van der Waals surface area contributed by atoms with E-state index in [4.69, 9.17) is 10.2 Å². The highest BCUT2D eigenvalue weighted by atomic mass is 32.2. The third-order valence-corrected chi connectivity index (χ3v) is 5.42. The van der Waals surface area contributed by atoms with E-state index in [1.165, 1.54) is 7.05 Å². The van der Waals surface area contributed by atoms with Crippen molar-refractivity contribution in [1.82, 2.24) is 10.2 Å². The zero-order chi connectivity index (χ0) is 20.5. The SMILES string of the molecule is CC(N)c1nnc(-c2cc(-c3ccccc3C#N)cc(N(C)S(C)(=O)=O)c2)o1. The van der Waals surface area contributed by atoms with Gasteiger partial charge in [0, 0.05) is 12.6 Å². The molecular weight excluding hydrogens is 378 g/mol. The van der Waals surface area contributed by atoms with E-state index in [9.17, 15) is 13.7 Å². The van der Waals surface area contributed by atoms with Gasteiger partial charge in [-0.25, -0.2) is 8.42 Å². The smallest absolute Gasteiger partial charge is 0.247 e. The zero-order valence-electron chi connectivity index (χ0n) is 15.6. The Morgan fingerprint density at radius 2 is 1.86 bits per heavy atom. The summed E-state index contributed by atoms with van der Waals surface area (Å²) in [6.45, 7) is 1.72. The molecule has 144 valence electrons. The molecule has 0 aliphatic rings. The van der Waals surface area contributed by atoms with Crippen LogP contribution in [0.1, 0.15) is 24.4 Å². The van der Waals surface area contributed by atoms with Crippen LogP contribution in [-0.4, -0.2) is 31.9 Å². The van der Waals surface area contributed by atoms with Gasteiger partial charge in [-0.1, -0.05) is 18.2 Å². The number of hydrogen-bond donors (Lipinski definition) is 1. The van der Waals surface area contributed by atoms with Crippen LogP contribution in [0.5, 0.6) is 0 Å². The van der Waals surface area contributed by atoms with Gasteiger partial charge in [0.2, 0.25) is 21.8 Å². The van der Waals surface area contributed by atoms with Crippen molar-refractivity contribution < 1.29 is 12.8 Å². The first kappa shape index (κ1) is 19.5. The predicted molar refractivity (Wildman–Crippen MR) is 106 cm³/mol. The van der Waals surface area contributed by atoms with Crippen molar-refractivity contribution >= 4 is 15.7 Å². The normalized spacial score (nSPS) is 12.4. The molecule has 0 aliphatic heterocycles. The number of nitrogens with two attached hydrogens (primary N) is 1. The number of nitriles is 1. The fourth-order valence-electron chi connectivity index (χ4n) is 2.63. The standard InChI is InChI=1S/C19H19N5O3S/c1-12(21)18-22-23-19(27-18)15-8-14(17-7-5-4-6-13(17)11-20)9-16(10-15)24(2)28(3,25)26/h4-10,12H,21H2,1-3H3. The number of aromatic nitrogens is 2. The van der Waals surface area contributed by atoms with Crippen LogP contribution in [0.2, 0.25) is 0 Å². The van der Waals surface area contributed by atoms with Crippen LogP contribution in [0, 0.1) is 11.3 Å². The number of sulfonamides is 1. The van der Waals surface area contributed by atoms with Gasteiger partial charge >= 0.3 is 0 Å². The average molecular weight is 397 g/mol. The van der Waals surface area contributed by atoms with Gasteiger partial charge in [0.05, 0.1) is 29.6 Å². The summed E-state index contributed by atoms with van der Waals surface area (Å²) in [6, 6.07) is 13.9. The molecule has 0 saturated heterocycles. The van der Waals surface area contributed by atoms with Crippen LogP contribution in [0.25, 0.3) is 22.6 Å². The van der Waals surface area contributed by atoms with Crippen molar-refractivity contribution in [3.8, 4) is 28.7 Å². The molecule has 0 saturated carbocycles. The fourth-order valence-corrected chi connectivity index (χ4v) is 3.12. The predicted octanol–water partition coefficient (Wildman–Crippen LogP) is 2.69. The lowest BCUT2D eigenvalue weighted by atomic mass is 9.98. The van der Waals surface area contributed by atoms with Crippen molar-refractivity contribution in [3.63, 3.8) is 0 Å². The second-order valence-electron chi connectivity index (χ2n) is 6.39. The summed E-state index contributed by atoms with van der Waals surface area (Å²) < 4.78 is 30.9. The van der Waals surface area contributed by atoms with Crippen molar-refractivity contribution in [1.29, 1.82) is 5.26 Å². The maximum atomic E-state index is 12.0. The molecule has 0 fully saturated rings. The number of nitrogens with zero attached hydrogens (tertiary/aromatic N) is 4. The van der Waals surface area contributed by atoms with E-state index in [2.05, 4.69) is 16.3 Å². The lowest BCUT2D eigenvalue weighted by Gasteiger charge is -2.19. The van der Waals surface area contributed by atoms with E-state index in [1.54, 1.807) is 43.3 Å². The topological polar surface area (TPSA) is 126 Å². The molecule has 0 spiro atoms. The van der Waals surface area contributed by atoms with Crippen LogP contribution < -0.4 is 10.0 Å². The van der Waals surface area contributed by atoms with E-state index in [1.807, 2.05) is 6.07 Å². The van der Waals surface area contributed by atoms with Gasteiger partial charge in [-0.2, -0.15) is 5.26 Å². The minimum absolute atomic E-state index is 0.215. The molecule has 0 bridgehead atoms. The summed E-state index contributed by atoms with van der Waals surface area (Å²) >= 11 is 0. The largest absolute Gasteiger partial charge is 0.419 e. The summed E-state index contributed by atoms with van der Waals surface area (Å²) in [5, 5.41) is 17.4. The van der Waals surface area contributed by atoms with Crippen LogP contribution in [0.3, 0.4) is 0 Å². The van der Waals surface area contributed by atoms with E-state index in [-0.39, 0.29) is 11.8 Å². The van der Waals surface area contributed by atoms with Crippen molar-refractivity contribution in [2.24, 2.45) is 5.73 Å². The molecule has 1 aromatic heterocycles. The number of benzene rings is 2. The molecule has 0 amide bonds. The number of hydrogen-bond acceptors (Lipinski definition) is 7. The van der Waals surface area contributed by atoms with Gasteiger partial charge in [-0.3, -0.25) is 4.31 Å². The molecule has 3 aromatic rings. The summed E-state index contributed by atoms with van der Waals surface area (Å²) in [6.07, 6.45) is 1.11. The van der Waals surface area contributed by atoms with Crippen LogP contribution in [0.4, 0.5) is 5.69 Å². The highest BCUT2D eigenvalue weighted by molar-refractivity contribution is 7.92. The first-order valence-corrected chi connectivity index (χ1v) is 10.2. The molecular formula is C19H19N5O3S. The first-order valence-electron chi connectivity index (χ1n) is 8.38. The van der Waals surface area contributed by atoms with E-state index in [0.29, 0.717) is 27.9 Å². The molecule has 1 heterocycles.